The first-order valence-corrected chi connectivity index (χ1v) is 12.1. The van der Waals surface area contributed by atoms with Gasteiger partial charge in [-0.3, -0.25) is 4.79 Å². The number of pyridine rings is 1. The van der Waals surface area contributed by atoms with Gasteiger partial charge < -0.3 is 10.6 Å². The van der Waals surface area contributed by atoms with E-state index in [9.17, 15) is 4.79 Å². The van der Waals surface area contributed by atoms with E-state index in [-0.39, 0.29) is 11.3 Å². The monoisotopic (exact) mass is 440 g/mol. The van der Waals surface area contributed by atoms with Crippen LogP contribution in [0.3, 0.4) is 0 Å². The molecule has 1 radical (unpaired) electrons. The van der Waals surface area contributed by atoms with Gasteiger partial charge in [0, 0.05) is 11.0 Å². The van der Waals surface area contributed by atoms with E-state index in [1.54, 1.807) is 18.3 Å². The van der Waals surface area contributed by atoms with Crippen LogP contribution in [0.15, 0.2) is 42.6 Å². The Kier molecular flexibility index (Phi) is 5.81. The molecule has 2 bridgehead atoms. The van der Waals surface area contributed by atoms with E-state index in [2.05, 4.69) is 34.8 Å². The maximum absolute atomic E-state index is 12.6. The number of carbonyl (C=O) groups excluding carboxylic acids is 1. The van der Waals surface area contributed by atoms with E-state index >= 15 is 0 Å². The van der Waals surface area contributed by atoms with Crippen molar-refractivity contribution in [2.45, 2.75) is 76.0 Å². The summed E-state index contributed by atoms with van der Waals surface area (Å²) in [5, 5.41) is 7.02. The zero-order chi connectivity index (χ0) is 22.9. The highest BCUT2D eigenvalue weighted by Crippen LogP contribution is 2.48. The topological polar surface area (TPSA) is 79.8 Å². The molecule has 1 aromatic carbocycles. The number of rotatable bonds is 4. The molecular weight excluding hydrogens is 409 g/mol. The number of hydrogen-bond donors (Lipinski definition) is 2. The molecule has 2 saturated heterocycles. The molecule has 2 aliphatic rings. The van der Waals surface area contributed by atoms with Gasteiger partial charge in [0.15, 0.2) is 12.9 Å². The Morgan fingerprint density at radius 2 is 1.76 bits per heavy atom. The normalized spacial score (nSPS) is 24.9. The van der Waals surface area contributed by atoms with Crippen LogP contribution in [0.4, 0.5) is 11.5 Å². The summed E-state index contributed by atoms with van der Waals surface area (Å²) in [6, 6.07) is 11.0. The highest BCUT2D eigenvalue weighted by molar-refractivity contribution is 6.45. The Hall–Kier alpha value is -2.96. The van der Waals surface area contributed by atoms with E-state index < -0.39 is 0 Å². The van der Waals surface area contributed by atoms with Crippen LogP contribution in [-0.4, -0.2) is 33.6 Å². The Bertz CT molecular complexity index is 1170. The first-order chi connectivity index (χ1) is 15.9. The molecule has 4 heterocycles. The molecule has 6 nitrogen and oxygen atoms in total. The molecule has 2 unspecified atom stereocenters. The molecule has 5 rings (SSSR count). The molecule has 7 heteroatoms. The second-order valence-electron chi connectivity index (χ2n) is 10.0. The molecule has 2 aliphatic heterocycles. The van der Waals surface area contributed by atoms with Crippen molar-refractivity contribution in [1.82, 2.24) is 15.0 Å². The van der Waals surface area contributed by atoms with Crippen LogP contribution >= 0.6 is 0 Å². The van der Waals surface area contributed by atoms with Gasteiger partial charge in [0.2, 0.25) is 0 Å². The summed E-state index contributed by atoms with van der Waals surface area (Å²) in [4.78, 5) is 26.7. The van der Waals surface area contributed by atoms with Crippen molar-refractivity contribution in [2.75, 3.05) is 10.6 Å². The predicted molar refractivity (Wildman–Crippen MR) is 134 cm³/mol. The van der Waals surface area contributed by atoms with Crippen LogP contribution in [0.2, 0.25) is 5.31 Å². The van der Waals surface area contributed by atoms with Gasteiger partial charge in [-0.15, -0.1) is 0 Å². The van der Waals surface area contributed by atoms with Crippen LogP contribution in [0.25, 0.3) is 11.2 Å². The van der Waals surface area contributed by atoms with E-state index in [4.69, 9.17) is 4.98 Å². The van der Waals surface area contributed by atoms with Crippen LogP contribution in [-0.2, 0) is 0 Å². The Morgan fingerprint density at radius 3 is 2.61 bits per heavy atom. The lowest BCUT2D eigenvalue weighted by Crippen LogP contribution is -2.52. The summed E-state index contributed by atoms with van der Waals surface area (Å²) in [6.45, 7) is 4.30. The third-order valence-corrected chi connectivity index (χ3v) is 7.25. The fraction of sp³-hybridized carbons (Fsp3) is 0.462. The molecule has 2 N–H and O–H groups in total. The minimum atomic E-state index is -0.162. The van der Waals surface area contributed by atoms with Gasteiger partial charge in [0.25, 0.3) is 5.91 Å². The summed E-state index contributed by atoms with van der Waals surface area (Å²) < 4.78 is 0. The number of carbonyl (C=O) groups is 1. The summed E-state index contributed by atoms with van der Waals surface area (Å²) >= 11 is 0. The summed E-state index contributed by atoms with van der Waals surface area (Å²) in [6.07, 6.45) is 11.7. The van der Waals surface area contributed by atoms with Gasteiger partial charge in [-0.25, -0.2) is 15.0 Å². The van der Waals surface area contributed by atoms with Crippen LogP contribution in [0.1, 0.15) is 74.3 Å². The van der Waals surface area contributed by atoms with E-state index in [1.807, 2.05) is 31.2 Å². The second kappa shape index (κ2) is 8.77. The van der Waals surface area contributed by atoms with Crippen LogP contribution in [0.5, 0.6) is 0 Å². The lowest BCUT2D eigenvalue weighted by atomic mass is 9.35. The molecule has 2 fully saturated rings. The molecule has 0 saturated carbocycles. The average Bonchev–Trinajstić information content (AvgIpc) is 2.79. The quantitative estimate of drug-likeness (QED) is 0.507. The summed E-state index contributed by atoms with van der Waals surface area (Å²) in [5.74, 6) is 0.613. The summed E-state index contributed by atoms with van der Waals surface area (Å²) in [5.41, 5.74) is 3.23. The minimum Gasteiger partial charge on any atom is -0.371 e. The zero-order valence-electron chi connectivity index (χ0n) is 19.5. The number of amides is 1. The number of aryl methyl sites for hydroxylation is 1. The first kappa shape index (κ1) is 21.9. The van der Waals surface area contributed by atoms with Gasteiger partial charge in [0.1, 0.15) is 11.3 Å². The summed E-state index contributed by atoms with van der Waals surface area (Å²) in [7, 11) is 2.58. The van der Waals surface area contributed by atoms with Crippen molar-refractivity contribution in [3.8, 4) is 0 Å². The molecule has 2 aromatic heterocycles. The van der Waals surface area contributed by atoms with E-state index in [1.165, 1.54) is 38.5 Å². The van der Waals surface area contributed by atoms with Gasteiger partial charge in [-0.2, -0.15) is 0 Å². The van der Waals surface area contributed by atoms with Crippen molar-refractivity contribution in [3.05, 3.63) is 53.9 Å². The number of aromatic nitrogens is 3. The maximum atomic E-state index is 12.6. The highest BCUT2D eigenvalue weighted by atomic mass is 16.1. The number of nitrogens with one attached hydrogen (secondary N) is 2. The smallest absolute Gasteiger partial charge is 0.255 e. The minimum absolute atomic E-state index is 0.0194. The van der Waals surface area contributed by atoms with E-state index in [0.29, 0.717) is 27.7 Å². The molecule has 0 spiro atoms. The van der Waals surface area contributed by atoms with Crippen molar-refractivity contribution in [2.24, 2.45) is 0 Å². The van der Waals surface area contributed by atoms with E-state index in [0.717, 1.165) is 24.4 Å². The highest BCUT2D eigenvalue weighted by Gasteiger charge is 2.43. The van der Waals surface area contributed by atoms with Crippen molar-refractivity contribution >= 4 is 35.9 Å². The maximum Gasteiger partial charge on any atom is 0.255 e. The van der Waals surface area contributed by atoms with Crippen LogP contribution in [0, 0.1) is 6.92 Å². The Morgan fingerprint density at radius 1 is 1.00 bits per heavy atom. The van der Waals surface area contributed by atoms with Crippen molar-refractivity contribution < 1.29 is 4.79 Å². The fourth-order valence-electron chi connectivity index (χ4n) is 5.58. The Labute approximate surface area is 196 Å². The third kappa shape index (κ3) is 4.73. The molecule has 0 aliphatic carbocycles. The molecule has 169 valence electrons. The SMILES string of the molecule is Cc1nc2nc(NC34[B]C(C)(CCCCC3)CCC4)cnc2cc1NC(=O)c1ccccc1. The van der Waals surface area contributed by atoms with Gasteiger partial charge in [0.05, 0.1) is 17.6 Å². The lowest BCUT2D eigenvalue weighted by molar-refractivity contribution is 0.102. The number of anilines is 2. The average molecular weight is 440 g/mol. The zero-order valence-corrected chi connectivity index (χ0v) is 19.5. The third-order valence-electron chi connectivity index (χ3n) is 7.25. The van der Waals surface area contributed by atoms with Crippen LogP contribution < -0.4 is 10.6 Å². The molecular formula is C26H31BN5O. The number of hydrogen-bond acceptors (Lipinski definition) is 5. The fourth-order valence-corrected chi connectivity index (χ4v) is 5.58. The molecule has 33 heavy (non-hydrogen) atoms. The van der Waals surface area contributed by atoms with Gasteiger partial charge >= 0.3 is 0 Å². The molecule has 2 atom stereocenters. The van der Waals surface area contributed by atoms with Gasteiger partial charge in [-0.1, -0.05) is 69.0 Å². The Balaban J connectivity index is 1.38. The molecule has 1 amide bonds. The largest absolute Gasteiger partial charge is 0.371 e. The standard InChI is InChI=1S/C26H31BN5O/c1-18-20(30-24(33)19-10-5-3-6-11-19)16-21-23(29-18)31-22(17-28-21)32-26-14-8-4-7-12-25(2,27-26)13-9-15-26/h3,5-6,10-11,16-17H,4,7-9,12-15H2,1-2H3,(H,30,33)(H,29,31,32). The number of fused-ring (bicyclic) bond motifs is 3. The lowest BCUT2D eigenvalue weighted by Gasteiger charge is -2.48. The second-order valence-corrected chi connectivity index (χ2v) is 10.0. The van der Waals surface area contributed by atoms with Crippen molar-refractivity contribution in [1.29, 1.82) is 0 Å². The number of nitrogens with zero attached hydrogens (tertiary/aromatic N) is 3. The molecule has 3 aromatic rings. The predicted octanol–water partition coefficient (Wildman–Crippen LogP) is 5.72. The van der Waals surface area contributed by atoms with Crippen molar-refractivity contribution in [3.63, 3.8) is 0 Å². The van der Waals surface area contributed by atoms with Gasteiger partial charge in [-0.05, 0) is 38.0 Å². The number of benzene rings is 1. The first-order valence-electron chi connectivity index (χ1n) is 12.1.